The lowest BCUT2D eigenvalue weighted by Crippen LogP contribution is -2.60. The first-order chi connectivity index (χ1) is 17.8. The van der Waals surface area contributed by atoms with E-state index in [4.69, 9.17) is 9.52 Å². The summed E-state index contributed by atoms with van der Waals surface area (Å²) >= 11 is 0. The fourth-order valence-corrected chi connectivity index (χ4v) is 3.91. The van der Waals surface area contributed by atoms with Gasteiger partial charge >= 0.3 is 12.5 Å². The van der Waals surface area contributed by atoms with Crippen LogP contribution in [0.2, 0.25) is 0 Å². The summed E-state index contributed by atoms with van der Waals surface area (Å²) in [5.41, 5.74) is 1.69. The number of rotatable bonds is 8. The fraction of sp³-hybridized carbons (Fsp3) is 0.261. The van der Waals surface area contributed by atoms with Crippen molar-refractivity contribution in [3.63, 3.8) is 0 Å². The Balaban J connectivity index is 1.25. The molecule has 1 aromatic carbocycles. The van der Waals surface area contributed by atoms with Crippen molar-refractivity contribution < 1.29 is 27.9 Å². The van der Waals surface area contributed by atoms with Crippen molar-refractivity contribution >= 4 is 17.7 Å². The molecule has 1 aliphatic carbocycles. The van der Waals surface area contributed by atoms with E-state index in [2.05, 4.69) is 36.1 Å². The van der Waals surface area contributed by atoms with Gasteiger partial charge in [0.25, 0.3) is 5.89 Å². The molecule has 37 heavy (non-hydrogen) atoms. The summed E-state index contributed by atoms with van der Waals surface area (Å²) in [6, 6.07) is 10.3. The molecule has 1 saturated carbocycles. The van der Waals surface area contributed by atoms with E-state index < -0.39 is 29.9 Å². The molecule has 3 N–H and O–H groups in total. The van der Waals surface area contributed by atoms with Crippen molar-refractivity contribution in [2.75, 3.05) is 5.32 Å². The highest BCUT2D eigenvalue weighted by Gasteiger charge is 2.45. The third-order valence-corrected chi connectivity index (χ3v) is 5.97. The van der Waals surface area contributed by atoms with Gasteiger partial charge in [-0.2, -0.15) is 8.78 Å². The lowest BCUT2D eigenvalue weighted by molar-refractivity contribution is -0.125. The Morgan fingerprint density at radius 2 is 1.97 bits per heavy atom. The van der Waals surface area contributed by atoms with E-state index in [1.165, 1.54) is 6.20 Å². The topological polar surface area (TPSA) is 161 Å². The summed E-state index contributed by atoms with van der Waals surface area (Å²) in [5, 5.41) is 29.4. The van der Waals surface area contributed by atoms with E-state index in [1.54, 1.807) is 41.2 Å². The van der Waals surface area contributed by atoms with E-state index >= 15 is 0 Å². The average Bonchev–Trinajstić information content (AvgIpc) is 3.52. The van der Waals surface area contributed by atoms with Crippen molar-refractivity contribution in [2.24, 2.45) is 0 Å². The second kappa shape index (κ2) is 9.72. The van der Waals surface area contributed by atoms with E-state index in [-0.39, 0.29) is 5.89 Å². The molecule has 4 aromatic rings. The van der Waals surface area contributed by atoms with Gasteiger partial charge in [-0.05, 0) is 43.5 Å². The molecule has 0 aliphatic heterocycles. The summed E-state index contributed by atoms with van der Waals surface area (Å²) in [4.78, 5) is 28.1. The minimum atomic E-state index is -2.85. The van der Waals surface area contributed by atoms with Gasteiger partial charge in [-0.15, -0.1) is 15.3 Å². The van der Waals surface area contributed by atoms with E-state index in [0.29, 0.717) is 47.6 Å². The summed E-state index contributed by atoms with van der Waals surface area (Å²) in [6.07, 6.45) is 0.726. The van der Waals surface area contributed by atoms with Gasteiger partial charge < -0.3 is 20.2 Å². The number of hydrogen-bond donors (Lipinski definition) is 3. The largest absolute Gasteiger partial charge is 0.465 e. The molecule has 0 unspecified atom stereocenters. The van der Waals surface area contributed by atoms with Gasteiger partial charge in [-0.25, -0.2) is 9.48 Å². The van der Waals surface area contributed by atoms with Crippen molar-refractivity contribution in [2.45, 2.75) is 37.8 Å². The van der Waals surface area contributed by atoms with Crippen LogP contribution in [-0.4, -0.2) is 52.8 Å². The molecule has 3 heterocycles. The highest BCUT2D eigenvalue weighted by atomic mass is 19.3. The van der Waals surface area contributed by atoms with Gasteiger partial charge in [0.1, 0.15) is 11.2 Å². The number of amides is 2. The molecule has 0 saturated heterocycles. The molecule has 14 heteroatoms. The number of benzene rings is 1. The molecule has 3 aromatic heterocycles. The third kappa shape index (κ3) is 5.12. The van der Waals surface area contributed by atoms with E-state index in [0.717, 1.165) is 6.42 Å². The number of hydrogen-bond acceptors (Lipinski definition) is 8. The number of alkyl halides is 2. The van der Waals surface area contributed by atoms with Crippen LogP contribution >= 0.6 is 0 Å². The minimum absolute atomic E-state index is 0.0497. The number of carbonyl (C=O) groups is 2. The Morgan fingerprint density at radius 3 is 2.62 bits per heavy atom. The van der Waals surface area contributed by atoms with Gasteiger partial charge in [0.15, 0.2) is 0 Å². The maximum absolute atomic E-state index is 12.7. The highest BCUT2D eigenvalue weighted by Crippen LogP contribution is 2.33. The second-order valence-corrected chi connectivity index (χ2v) is 8.49. The van der Waals surface area contributed by atoms with Crippen molar-refractivity contribution in [1.82, 2.24) is 35.5 Å². The van der Waals surface area contributed by atoms with E-state index in [1.807, 2.05) is 6.07 Å². The van der Waals surface area contributed by atoms with Crippen LogP contribution < -0.4 is 10.6 Å². The van der Waals surface area contributed by atoms with Crippen LogP contribution in [0.1, 0.15) is 37.3 Å². The average molecular weight is 510 g/mol. The van der Waals surface area contributed by atoms with Gasteiger partial charge in [-0.1, -0.05) is 17.3 Å². The first-order valence-corrected chi connectivity index (χ1v) is 11.2. The van der Waals surface area contributed by atoms with Crippen LogP contribution in [0.4, 0.5) is 19.3 Å². The Kier molecular flexibility index (Phi) is 6.29. The van der Waals surface area contributed by atoms with Crippen LogP contribution in [-0.2, 0) is 11.3 Å². The number of anilines is 1. The normalized spacial score (nSPS) is 14.2. The van der Waals surface area contributed by atoms with Gasteiger partial charge in [0.2, 0.25) is 11.8 Å². The standard InChI is InChI=1S/C23H20F2N8O4/c24-18(25)20-31-30-19(37-20)14-5-6-16(26-10-14)11-33-12-17(29-32-33)13-3-1-4-15(9-13)27-21(34)23(7-2-8-23)28-22(35)36/h1,3-6,9-10,12,18,28H,2,7-8,11H2,(H,27,34)(H,35,36). The molecular formula is C23H20F2N8O4. The molecule has 12 nitrogen and oxygen atoms in total. The van der Waals surface area contributed by atoms with Crippen LogP contribution in [0.15, 0.2) is 53.2 Å². The SMILES string of the molecule is O=C(O)NC1(C(=O)Nc2cccc(-c3cn(Cc4ccc(-c5nnc(C(F)F)o5)cn4)nn3)c2)CCC1. The maximum atomic E-state index is 12.7. The molecule has 5 rings (SSSR count). The molecular weight excluding hydrogens is 490 g/mol. The molecule has 0 spiro atoms. The smallest absolute Gasteiger partial charge is 0.405 e. The molecule has 0 bridgehead atoms. The Labute approximate surface area is 207 Å². The first-order valence-electron chi connectivity index (χ1n) is 11.2. The first kappa shape index (κ1) is 24.0. The second-order valence-electron chi connectivity index (χ2n) is 8.49. The lowest BCUT2D eigenvalue weighted by Gasteiger charge is -2.39. The molecule has 190 valence electrons. The number of nitrogens with one attached hydrogen (secondary N) is 2. The van der Waals surface area contributed by atoms with E-state index in [9.17, 15) is 18.4 Å². The quantitative estimate of drug-likeness (QED) is 0.322. The van der Waals surface area contributed by atoms with Crippen molar-refractivity contribution in [3.8, 4) is 22.7 Å². The zero-order valence-electron chi connectivity index (χ0n) is 19.1. The van der Waals surface area contributed by atoms with Gasteiger partial charge in [0.05, 0.1) is 24.0 Å². The Bertz CT molecular complexity index is 1430. The monoisotopic (exact) mass is 510 g/mol. The zero-order valence-corrected chi connectivity index (χ0v) is 19.1. The summed E-state index contributed by atoms with van der Waals surface area (Å²) < 4.78 is 31.8. The summed E-state index contributed by atoms with van der Waals surface area (Å²) in [5.74, 6) is -1.20. The Hall–Kier alpha value is -4.75. The summed E-state index contributed by atoms with van der Waals surface area (Å²) in [6.45, 7) is 0.291. The van der Waals surface area contributed by atoms with Crippen LogP contribution in [0.3, 0.4) is 0 Å². The Morgan fingerprint density at radius 1 is 1.14 bits per heavy atom. The van der Waals surface area contributed by atoms with Crippen molar-refractivity contribution in [3.05, 3.63) is 60.4 Å². The molecule has 2 amide bonds. The third-order valence-electron chi connectivity index (χ3n) is 5.97. The number of aromatic nitrogens is 6. The van der Waals surface area contributed by atoms with Crippen LogP contribution in [0.5, 0.6) is 0 Å². The maximum Gasteiger partial charge on any atom is 0.405 e. The van der Waals surface area contributed by atoms with Gasteiger partial charge in [0, 0.05) is 17.4 Å². The summed E-state index contributed by atoms with van der Waals surface area (Å²) in [7, 11) is 0. The fourth-order valence-electron chi connectivity index (χ4n) is 3.91. The highest BCUT2D eigenvalue weighted by molar-refractivity contribution is 6.00. The number of halogens is 2. The minimum Gasteiger partial charge on any atom is -0.465 e. The number of carbonyl (C=O) groups excluding carboxylic acids is 1. The zero-order chi connectivity index (χ0) is 26.0. The van der Waals surface area contributed by atoms with Crippen LogP contribution in [0, 0.1) is 0 Å². The van der Waals surface area contributed by atoms with Crippen LogP contribution in [0.25, 0.3) is 22.7 Å². The lowest BCUT2D eigenvalue weighted by atomic mass is 9.76. The number of carboxylic acid groups (broad SMARTS) is 1. The molecule has 0 atom stereocenters. The number of pyridine rings is 1. The van der Waals surface area contributed by atoms with Crippen molar-refractivity contribution in [1.29, 1.82) is 0 Å². The predicted octanol–water partition coefficient (Wildman–Crippen LogP) is 3.50. The molecule has 0 radical (unpaired) electrons. The number of nitrogens with zero attached hydrogens (tertiary/aromatic N) is 6. The molecule has 1 aliphatic rings. The van der Waals surface area contributed by atoms with Gasteiger partial charge in [-0.3, -0.25) is 9.78 Å². The molecule has 1 fully saturated rings. The predicted molar refractivity (Wildman–Crippen MR) is 123 cm³/mol.